The Kier molecular flexibility index (Phi) is 7.82. The van der Waals surface area contributed by atoms with Gasteiger partial charge in [-0.1, -0.05) is 12.1 Å². The number of carbonyl (C=O) groups excluding carboxylic acids is 2. The van der Waals surface area contributed by atoms with Crippen molar-refractivity contribution in [2.45, 2.75) is 32.5 Å². The summed E-state index contributed by atoms with van der Waals surface area (Å²) in [6, 6.07) is 9.39. The molecule has 0 aliphatic rings. The van der Waals surface area contributed by atoms with Crippen LogP contribution in [-0.4, -0.2) is 43.5 Å². The number of hydrogen-bond donors (Lipinski definition) is 3. The van der Waals surface area contributed by atoms with Crippen LogP contribution in [0.1, 0.15) is 41.4 Å². The number of likely N-dealkylation sites (N-methyl/N-ethyl adjacent to an activating group) is 1. The van der Waals surface area contributed by atoms with Crippen LogP contribution in [-0.2, 0) is 6.54 Å². The predicted octanol–water partition coefficient (Wildman–Crippen LogP) is 2.99. The van der Waals surface area contributed by atoms with Gasteiger partial charge in [-0.05, 0) is 68.0 Å². The number of rotatable bonds is 8. The predicted molar refractivity (Wildman–Crippen MR) is 110 cm³/mol. The first-order valence-electron chi connectivity index (χ1n) is 8.97. The van der Waals surface area contributed by atoms with Gasteiger partial charge in [0.15, 0.2) is 0 Å². The first-order valence-corrected chi connectivity index (χ1v) is 9.91. The summed E-state index contributed by atoms with van der Waals surface area (Å²) >= 11 is 1.65. The Labute approximate surface area is 165 Å². The molecule has 7 heteroatoms. The molecule has 2 rings (SSSR count). The lowest BCUT2D eigenvalue weighted by Gasteiger charge is -2.24. The number of thiophene rings is 1. The zero-order valence-corrected chi connectivity index (χ0v) is 17.1. The SMILES string of the molecule is CC(C)NC(=O)NCc1ccc(C(=O)NCC(c2ccsc2)N(C)C)cc1. The molecule has 0 fully saturated rings. The molecule has 1 aromatic carbocycles. The van der Waals surface area contributed by atoms with Crippen LogP contribution in [0.2, 0.25) is 0 Å². The van der Waals surface area contributed by atoms with Crippen LogP contribution >= 0.6 is 11.3 Å². The standard InChI is InChI=1S/C20H28N4O2S/c1-14(2)23-20(26)22-11-15-5-7-16(8-6-15)19(25)21-12-18(24(3)4)17-9-10-27-13-17/h5-10,13-14,18H,11-12H2,1-4H3,(H,21,25)(H2,22,23,26). The van der Waals surface area contributed by atoms with Gasteiger partial charge >= 0.3 is 6.03 Å². The molecule has 0 saturated carbocycles. The molecule has 1 unspecified atom stereocenters. The summed E-state index contributed by atoms with van der Waals surface area (Å²) in [6.07, 6.45) is 0. The molecule has 0 aliphatic heterocycles. The molecular weight excluding hydrogens is 360 g/mol. The van der Waals surface area contributed by atoms with Gasteiger partial charge in [0.25, 0.3) is 5.91 Å². The molecule has 6 nitrogen and oxygen atoms in total. The molecule has 0 spiro atoms. The van der Waals surface area contributed by atoms with E-state index in [1.165, 1.54) is 5.56 Å². The van der Waals surface area contributed by atoms with E-state index in [4.69, 9.17) is 0 Å². The Morgan fingerprint density at radius 3 is 2.33 bits per heavy atom. The van der Waals surface area contributed by atoms with Crippen molar-refractivity contribution in [3.63, 3.8) is 0 Å². The third kappa shape index (κ3) is 6.69. The van der Waals surface area contributed by atoms with Crippen molar-refractivity contribution < 1.29 is 9.59 Å². The van der Waals surface area contributed by atoms with Gasteiger partial charge in [0.2, 0.25) is 0 Å². The van der Waals surface area contributed by atoms with Gasteiger partial charge in [0, 0.05) is 24.7 Å². The van der Waals surface area contributed by atoms with E-state index in [1.54, 1.807) is 23.5 Å². The van der Waals surface area contributed by atoms with Crippen molar-refractivity contribution in [2.24, 2.45) is 0 Å². The highest BCUT2D eigenvalue weighted by molar-refractivity contribution is 7.07. The first kappa shape index (κ1) is 20.9. The van der Waals surface area contributed by atoms with Crippen LogP contribution in [0, 0.1) is 0 Å². The number of carbonyl (C=O) groups is 2. The second-order valence-corrected chi connectivity index (χ2v) is 7.70. The summed E-state index contributed by atoms with van der Waals surface area (Å²) in [5.41, 5.74) is 2.74. The number of nitrogens with zero attached hydrogens (tertiary/aromatic N) is 1. The van der Waals surface area contributed by atoms with Gasteiger partial charge in [-0.25, -0.2) is 4.79 Å². The second kappa shape index (κ2) is 10.1. The van der Waals surface area contributed by atoms with Crippen LogP contribution in [0.3, 0.4) is 0 Å². The summed E-state index contributed by atoms with van der Waals surface area (Å²) < 4.78 is 0. The molecule has 2 aromatic rings. The molecule has 0 saturated heterocycles. The fraction of sp³-hybridized carbons (Fsp3) is 0.400. The quantitative estimate of drug-likeness (QED) is 0.651. The van der Waals surface area contributed by atoms with Crippen LogP contribution in [0.25, 0.3) is 0 Å². The van der Waals surface area contributed by atoms with Crippen molar-refractivity contribution in [1.82, 2.24) is 20.9 Å². The van der Waals surface area contributed by atoms with E-state index in [2.05, 4.69) is 32.3 Å². The molecule has 146 valence electrons. The Balaban J connectivity index is 1.87. The van der Waals surface area contributed by atoms with Gasteiger partial charge in [-0.15, -0.1) is 0 Å². The summed E-state index contributed by atoms with van der Waals surface area (Å²) in [5, 5.41) is 12.7. The highest BCUT2D eigenvalue weighted by Crippen LogP contribution is 2.20. The molecule has 0 bridgehead atoms. The minimum Gasteiger partial charge on any atom is -0.350 e. The van der Waals surface area contributed by atoms with Crippen molar-refractivity contribution in [2.75, 3.05) is 20.6 Å². The Morgan fingerprint density at radius 2 is 1.78 bits per heavy atom. The fourth-order valence-corrected chi connectivity index (χ4v) is 3.33. The number of amides is 3. The van der Waals surface area contributed by atoms with Gasteiger partial charge in [0.1, 0.15) is 0 Å². The topological polar surface area (TPSA) is 73.5 Å². The maximum atomic E-state index is 12.4. The summed E-state index contributed by atoms with van der Waals surface area (Å²) in [7, 11) is 4.01. The second-order valence-electron chi connectivity index (χ2n) is 6.92. The molecular formula is C20H28N4O2S. The maximum absolute atomic E-state index is 12.4. The monoisotopic (exact) mass is 388 g/mol. The summed E-state index contributed by atoms with van der Waals surface area (Å²) in [5.74, 6) is -0.103. The lowest BCUT2D eigenvalue weighted by molar-refractivity contribution is 0.0942. The van der Waals surface area contributed by atoms with Crippen molar-refractivity contribution in [3.05, 3.63) is 57.8 Å². The maximum Gasteiger partial charge on any atom is 0.315 e. The van der Waals surface area contributed by atoms with Gasteiger partial charge in [-0.3, -0.25) is 4.79 Å². The zero-order valence-electron chi connectivity index (χ0n) is 16.3. The third-order valence-electron chi connectivity index (χ3n) is 4.10. The molecule has 27 heavy (non-hydrogen) atoms. The normalized spacial score (nSPS) is 12.1. The van der Waals surface area contributed by atoms with E-state index in [0.29, 0.717) is 18.7 Å². The number of nitrogens with one attached hydrogen (secondary N) is 3. The first-order chi connectivity index (χ1) is 12.9. The van der Waals surface area contributed by atoms with E-state index >= 15 is 0 Å². The number of hydrogen-bond acceptors (Lipinski definition) is 4. The zero-order chi connectivity index (χ0) is 19.8. The van der Waals surface area contributed by atoms with Gasteiger partial charge in [0.05, 0.1) is 6.04 Å². The summed E-state index contributed by atoms with van der Waals surface area (Å²) in [4.78, 5) is 26.1. The van der Waals surface area contributed by atoms with Gasteiger partial charge < -0.3 is 20.9 Å². The average molecular weight is 389 g/mol. The van der Waals surface area contributed by atoms with Crippen LogP contribution < -0.4 is 16.0 Å². The Bertz CT molecular complexity index is 727. The van der Waals surface area contributed by atoms with Crippen molar-refractivity contribution in [3.8, 4) is 0 Å². The van der Waals surface area contributed by atoms with E-state index in [-0.39, 0.29) is 24.0 Å². The average Bonchev–Trinajstić information content (AvgIpc) is 3.14. The van der Waals surface area contributed by atoms with Crippen LogP contribution in [0.4, 0.5) is 4.79 Å². The largest absolute Gasteiger partial charge is 0.350 e. The third-order valence-corrected chi connectivity index (χ3v) is 4.80. The highest BCUT2D eigenvalue weighted by atomic mass is 32.1. The van der Waals surface area contributed by atoms with Crippen molar-refractivity contribution in [1.29, 1.82) is 0 Å². The van der Waals surface area contributed by atoms with Crippen LogP contribution in [0.5, 0.6) is 0 Å². The fourth-order valence-electron chi connectivity index (χ4n) is 2.62. The lowest BCUT2D eigenvalue weighted by Crippen LogP contribution is -2.39. The van der Waals surface area contributed by atoms with E-state index in [9.17, 15) is 9.59 Å². The van der Waals surface area contributed by atoms with E-state index in [0.717, 1.165) is 5.56 Å². The molecule has 3 amide bonds. The number of urea groups is 1. The Morgan fingerprint density at radius 1 is 1.07 bits per heavy atom. The van der Waals surface area contributed by atoms with E-state index < -0.39 is 0 Å². The van der Waals surface area contributed by atoms with Crippen LogP contribution in [0.15, 0.2) is 41.1 Å². The lowest BCUT2D eigenvalue weighted by atomic mass is 10.1. The van der Waals surface area contributed by atoms with Crippen molar-refractivity contribution >= 4 is 23.3 Å². The molecule has 1 atom stereocenters. The molecule has 3 N–H and O–H groups in total. The number of benzene rings is 1. The summed E-state index contributed by atoms with van der Waals surface area (Å²) in [6.45, 7) is 4.78. The van der Waals surface area contributed by atoms with E-state index in [1.807, 2.05) is 45.5 Å². The Hall–Kier alpha value is -2.38. The molecule has 0 radical (unpaired) electrons. The molecule has 1 heterocycles. The smallest absolute Gasteiger partial charge is 0.315 e. The highest BCUT2D eigenvalue weighted by Gasteiger charge is 2.16. The molecule has 0 aliphatic carbocycles. The van der Waals surface area contributed by atoms with Gasteiger partial charge in [-0.2, -0.15) is 11.3 Å². The minimum atomic E-state index is -0.199. The molecule has 1 aromatic heterocycles. The minimum absolute atomic E-state index is 0.0937.